The first-order valence-electron chi connectivity index (χ1n) is 7.34. The molecule has 3 saturated carbocycles. The summed E-state index contributed by atoms with van der Waals surface area (Å²) < 4.78 is 0. The van der Waals surface area contributed by atoms with Gasteiger partial charge in [0.05, 0.1) is 6.04 Å². The van der Waals surface area contributed by atoms with E-state index in [4.69, 9.17) is 4.99 Å². The average molecular weight is 217 g/mol. The van der Waals surface area contributed by atoms with Crippen LogP contribution in [0.2, 0.25) is 0 Å². The molecule has 0 aromatic rings. The van der Waals surface area contributed by atoms with Crippen LogP contribution in [0, 0.1) is 29.1 Å². The second-order valence-corrected chi connectivity index (χ2v) is 6.86. The standard InChI is InChI=1S/C15H23N/c1-3-10-4-5-11(10)13-14(16-13)15(6-7-15)12-8-9(12)2/h9-12,14H,3-8H2,1-2H3/t9?,10?,11-,12?,14?/m1/s1. The molecular weight excluding hydrogens is 194 g/mol. The van der Waals surface area contributed by atoms with Gasteiger partial charge in [-0.3, -0.25) is 4.99 Å². The highest BCUT2D eigenvalue weighted by Crippen LogP contribution is 2.69. The van der Waals surface area contributed by atoms with Gasteiger partial charge in [-0.15, -0.1) is 0 Å². The summed E-state index contributed by atoms with van der Waals surface area (Å²) in [5.74, 6) is 3.99. The molecule has 1 aliphatic heterocycles. The normalized spacial score (nSPS) is 51.6. The van der Waals surface area contributed by atoms with Gasteiger partial charge in [0.2, 0.25) is 0 Å². The van der Waals surface area contributed by atoms with Crippen LogP contribution < -0.4 is 0 Å². The van der Waals surface area contributed by atoms with Gasteiger partial charge >= 0.3 is 0 Å². The van der Waals surface area contributed by atoms with Crippen molar-refractivity contribution in [2.45, 2.75) is 58.4 Å². The second-order valence-electron chi connectivity index (χ2n) is 6.86. The van der Waals surface area contributed by atoms with Crippen LogP contribution in [0.5, 0.6) is 0 Å². The third-order valence-corrected chi connectivity index (χ3v) is 6.03. The Hall–Kier alpha value is -0.330. The van der Waals surface area contributed by atoms with E-state index in [0.29, 0.717) is 5.41 Å². The topological polar surface area (TPSA) is 12.4 Å². The zero-order valence-electron chi connectivity index (χ0n) is 10.6. The number of hydrogen-bond donors (Lipinski definition) is 0. The lowest BCUT2D eigenvalue weighted by molar-refractivity contribution is 0.238. The first-order valence-corrected chi connectivity index (χ1v) is 7.34. The fraction of sp³-hybridized carbons (Fsp3) is 0.933. The Kier molecular flexibility index (Phi) is 1.76. The summed E-state index contributed by atoms with van der Waals surface area (Å²) in [4.78, 5) is 4.92. The minimum Gasteiger partial charge on any atom is -0.282 e. The van der Waals surface area contributed by atoms with E-state index in [-0.39, 0.29) is 0 Å². The van der Waals surface area contributed by atoms with E-state index in [0.717, 1.165) is 29.7 Å². The largest absolute Gasteiger partial charge is 0.282 e. The van der Waals surface area contributed by atoms with Gasteiger partial charge < -0.3 is 0 Å². The van der Waals surface area contributed by atoms with E-state index in [1.165, 1.54) is 38.5 Å². The van der Waals surface area contributed by atoms with Crippen molar-refractivity contribution in [1.82, 2.24) is 0 Å². The van der Waals surface area contributed by atoms with Gasteiger partial charge in [-0.05, 0) is 49.9 Å². The van der Waals surface area contributed by atoms with E-state index in [2.05, 4.69) is 13.8 Å². The predicted octanol–water partition coefficient (Wildman–Crippen LogP) is 3.68. The molecule has 0 bridgehead atoms. The summed E-state index contributed by atoms with van der Waals surface area (Å²) >= 11 is 0. The molecule has 0 spiro atoms. The van der Waals surface area contributed by atoms with Crippen LogP contribution in [0.15, 0.2) is 4.99 Å². The average Bonchev–Trinajstić information content (AvgIpc) is 3.01. The highest BCUT2D eigenvalue weighted by atomic mass is 15.0. The van der Waals surface area contributed by atoms with Gasteiger partial charge in [0.1, 0.15) is 0 Å². The van der Waals surface area contributed by atoms with E-state index in [1.54, 1.807) is 5.71 Å². The summed E-state index contributed by atoms with van der Waals surface area (Å²) in [6, 6.07) is 0.738. The van der Waals surface area contributed by atoms with Crippen molar-refractivity contribution < 1.29 is 0 Å². The Labute approximate surface area is 98.7 Å². The Balaban J connectivity index is 1.42. The lowest BCUT2D eigenvalue weighted by atomic mass is 9.69. The van der Waals surface area contributed by atoms with E-state index in [1.807, 2.05) is 0 Å². The molecule has 3 aliphatic carbocycles. The van der Waals surface area contributed by atoms with Crippen LogP contribution in [-0.2, 0) is 0 Å². The Morgan fingerprint density at radius 1 is 1.31 bits per heavy atom. The molecule has 1 nitrogen and oxygen atoms in total. The van der Waals surface area contributed by atoms with Crippen LogP contribution >= 0.6 is 0 Å². The van der Waals surface area contributed by atoms with Crippen molar-refractivity contribution in [2.75, 3.05) is 0 Å². The third-order valence-electron chi connectivity index (χ3n) is 6.03. The molecule has 4 rings (SSSR count). The Morgan fingerprint density at radius 3 is 2.50 bits per heavy atom. The number of rotatable bonds is 4. The highest BCUT2D eigenvalue weighted by Gasteiger charge is 2.66. The van der Waals surface area contributed by atoms with Crippen LogP contribution in [-0.4, -0.2) is 11.8 Å². The quantitative estimate of drug-likeness (QED) is 0.681. The Morgan fingerprint density at radius 2 is 2.06 bits per heavy atom. The zero-order chi connectivity index (χ0) is 10.9. The zero-order valence-corrected chi connectivity index (χ0v) is 10.6. The maximum atomic E-state index is 4.92. The summed E-state index contributed by atoms with van der Waals surface area (Å²) in [6.07, 6.45) is 8.78. The second kappa shape index (κ2) is 2.91. The summed E-state index contributed by atoms with van der Waals surface area (Å²) in [5, 5.41) is 0. The fourth-order valence-corrected chi connectivity index (χ4v) is 4.40. The smallest absolute Gasteiger partial charge is 0.0938 e. The van der Waals surface area contributed by atoms with Gasteiger partial charge in [-0.1, -0.05) is 20.3 Å². The minimum absolute atomic E-state index is 0.711. The number of nitrogens with zero attached hydrogens (tertiary/aromatic N) is 1. The number of hydrogen-bond acceptors (Lipinski definition) is 1. The summed E-state index contributed by atoms with van der Waals surface area (Å²) in [5.41, 5.74) is 2.37. The van der Waals surface area contributed by atoms with Crippen molar-refractivity contribution in [1.29, 1.82) is 0 Å². The molecule has 0 aromatic carbocycles. The van der Waals surface area contributed by atoms with Gasteiger partial charge in [0, 0.05) is 17.0 Å². The van der Waals surface area contributed by atoms with Crippen LogP contribution in [0.25, 0.3) is 0 Å². The predicted molar refractivity (Wildman–Crippen MR) is 66.7 cm³/mol. The molecule has 0 amide bonds. The van der Waals surface area contributed by atoms with Gasteiger partial charge in [0.25, 0.3) is 0 Å². The molecule has 88 valence electrons. The lowest BCUT2D eigenvalue weighted by Crippen LogP contribution is -2.33. The first kappa shape index (κ1) is 9.67. The van der Waals surface area contributed by atoms with Crippen molar-refractivity contribution >= 4 is 5.71 Å². The van der Waals surface area contributed by atoms with E-state index < -0.39 is 0 Å². The van der Waals surface area contributed by atoms with Crippen LogP contribution in [0.3, 0.4) is 0 Å². The molecule has 0 radical (unpaired) electrons. The molecule has 0 aromatic heterocycles. The third kappa shape index (κ3) is 1.15. The van der Waals surface area contributed by atoms with Crippen molar-refractivity contribution in [3.8, 4) is 0 Å². The molecule has 1 heterocycles. The van der Waals surface area contributed by atoms with Crippen molar-refractivity contribution in [2.24, 2.45) is 34.1 Å². The molecule has 0 saturated heterocycles. The van der Waals surface area contributed by atoms with Crippen molar-refractivity contribution in [3.05, 3.63) is 0 Å². The van der Waals surface area contributed by atoms with Gasteiger partial charge in [0.15, 0.2) is 0 Å². The molecule has 4 unspecified atom stereocenters. The lowest BCUT2D eigenvalue weighted by Gasteiger charge is -2.34. The van der Waals surface area contributed by atoms with Gasteiger partial charge in [-0.2, -0.15) is 0 Å². The van der Waals surface area contributed by atoms with Crippen LogP contribution in [0.1, 0.15) is 52.4 Å². The maximum Gasteiger partial charge on any atom is 0.0938 e. The maximum absolute atomic E-state index is 4.92. The van der Waals surface area contributed by atoms with Crippen molar-refractivity contribution in [3.63, 3.8) is 0 Å². The SMILES string of the molecule is CCC1CC[C@H]1C1=NC1C1(C2CC2C)CC1. The number of aliphatic imine (C=N–C) groups is 1. The fourth-order valence-electron chi connectivity index (χ4n) is 4.40. The molecule has 5 atom stereocenters. The molecule has 0 N–H and O–H groups in total. The van der Waals surface area contributed by atoms with Gasteiger partial charge in [-0.25, -0.2) is 0 Å². The monoisotopic (exact) mass is 217 g/mol. The highest BCUT2D eigenvalue weighted by molar-refractivity contribution is 6.04. The molecule has 4 aliphatic rings. The minimum atomic E-state index is 0.711. The Bertz CT molecular complexity index is 350. The van der Waals surface area contributed by atoms with Crippen LogP contribution in [0.4, 0.5) is 0 Å². The summed E-state index contributed by atoms with van der Waals surface area (Å²) in [6.45, 7) is 4.79. The molecular formula is C15H23N. The molecule has 16 heavy (non-hydrogen) atoms. The van der Waals surface area contributed by atoms with E-state index in [9.17, 15) is 0 Å². The van der Waals surface area contributed by atoms with E-state index >= 15 is 0 Å². The first-order chi connectivity index (χ1) is 7.76. The molecule has 1 heteroatoms. The summed E-state index contributed by atoms with van der Waals surface area (Å²) in [7, 11) is 0. The molecule has 3 fully saturated rings.